The van der Waals surface area contributed by atoms with Crippen LogP contribution >= 0.6 is 31.9 Å². The molecular weight excluding hydrogens is 266 g/mol. The Hall–Kier alpha value is -0.360. The molecule has 0 aromatic carbocycles. The average Bonchev–Trinajstić information content (AvgIpc) is 2.11. The zero-order valence-corrected chi connectivity index (χ0v) is 7.86. The second-order valence-electron chi connectivity index (χ2n) is 1.57. The lowest BCUT2D eigenvalue weighted by Crippen LogP contribution is -2.11. The topological polar surface area (TPSA) is 71.8 Å². The summed E-state index contributed by atoms with van der Waals surface area (Å²) in [5.41, 5.74) is 5.33. The van der Waals surface area contributed by atoms with Crippen LogP contribution in [0.25, 0.3) is 0 Å². The molecule has 0 radical (unpaired) electrons. The molecule has 6 heteroatoms. The summed E-state index contributed by atoms with van der Waals surface area (Å²) in [5.74, 6) is -0.521. The maximum absolute atomic E-state index is 10.6. The van der Waals surface area contributed by atoms with Crippen molar-refractivity contribution in [1.82, 2.24) is 10.2 Å². The van der Waals surface area contributed by atoms with Gasteiger partial charge in [-0.3, -0.25) is 9.89 Å². The summed E-state index contributed by atoms with van der Waals surface area (Å²) in [5, 5.41) is 6.22. The van der Waals surface area contributed by atoms with Gasteiger partial charge in [0.25, 0.3) is 5.91 Å². The molecule has 0 atom stereocenters. The summed E-state index contributed by atoms with van der Waals surface area (Å²) >= 11 is 6.11. The van der Waals surface area contributed by atoms with Crippen molar-refractivity contribution >= 4 is 37.8 Å². The first-order chi connectivity index (χ1) is 4.63. The third-order valence-electron chi connectivity index (χ3n) is 0.924. The summed E-state index contributed by atoms with van der Waals surface area (Å²) < 4.78 is 0.916. The Labute approximate surface area is 73.4 Å². The fourth-order valence-corrected chi connectivity index (χ4v) is 1.73. The molecule has 1 heterocycles. The van der Waals surface area contributed by atoms with Gasteiger partial charge >= 0.3 is 0 Å². The number of halogens is 2. The second kappa shape index (κ2) is 2.71. The molecule has 0 spiro atoms. The Bertz CT molecular complexity index is 250. The molecule has 0 saturated heterocycles. The van der Waals surface area contributed by atoms with E-state index in [1.165, 1.54) is 0 Å². The molecule has 0 fully saturated rings. The fourth-order valence-electron chi connectivity index (χ4n) is 0.510. The summed E-state index contributed by atoms with van der Waals surface area (Å²) in [6.45, 7) is 0. The first kappa shape index (κ1) is 7.74. The Balaban J connectivity index is 3.23. The SMILES string of the molecule is NC(=O)c1c(Br)n[nH]c1Br. The van der Waals surface area contributed by atoms with Crippen LogP contribution in [0.3, 0.4) is 0 Å². The van der Waals surface area contributed by atoms with Crippen LogP contribution in [-0.4, -0.2) is 16.1 Å². The monoisotopic (exact) mass is 267 g/mol. The molecule has 54 valence electrons. The zero-order valence-electron chi connectivity index (χ0n) is 4.69. The summed E-state index contributed by atoms with van der Waals surface area (Å²) in [6, 6.07) is 0. The molecule has 0 saturated carbocycles. The number of nitrogens with zero attached hydrogens (tertiary/aromatic N) is 1. The lowest BCUT2D eigenvalue weighted by molar-refractivity contribution is 0.0999. The van der Waals surface area contributed by atoms with Gasteiger partial charge in [-0.2, -0.15) is 5.10 Å². The molecule has 0 bridgehead atoms. The van der Waals surface area contributed by atoms with Crippen molar-refractivity contribution in [2.45, 2.75) is 0 Å². The predicted octanol–water partition coefficient (Wildman–Crippen LogP) is 1.03. The minimum absolute atomic E-state index is 0.333. The van der Waals surface area contributed by atoms with Gasteiger partial charge in [-0.1, -0.05) is 0 Å². The highest BCUT2D eigenvalue weighted by Gasteiger charge is 2.13. The van der Waals surface area contributed by atoms with Crippen LogP contribution in [0.15, 0.2) is 9.21 Å². The van der Waals surface area contributed by atoms with Crippen LogP contribution in [0.4, 0.5) is 0 Å². The van der Waals surface area contributed by atoms with E-state index in [2.05, 4.69) is 42.1 Å². The Kier molecular flexibility index (Phi) is 2.10. The molecule has 0 aliphatic carbocycles. The Morgan fingerprint density at radius 1 is 1.60 bits per heavy atom. The number of amides is 1. The van der Waals surface area contributed by atoms with Gasteiger partial charge in [0.1, 0.15) is 14.8 Å². The fraction of sp³-hybridized carbons (Fsp3) is 0. The van der Waals surface area contributed by atoms with Crippen molar-refractivity contribution in [3.05, 3.63) is 14.8 Å². The van der Waals surface area contributed by atoms with E-state index in [1.807, 2.05) is 0 Å². The van der Waals surface area contributed by atoms with E-state index in [0.717, 1.165) is 0 Å². The van der Waals surface area contributed by atoms with Gasteiger partial charge in [-0.05, 0) is 31.9 Å². The first-order valence-electron chi connectivity index (χ1n) is 2.32. The van der Waals surface area contributed by atoms with Crippen molar-refractivity contribution in [2.24, 2.45) is 5.73 Å². The van der Waals surface area contributed by atoms with E-state index in [0.29, 0.717) is 14.8 Å². The molecule has 10 heavy (non-hydrogen) atoms. The van der Waals surface area contributed by atoms with E-state index in [1.54, 1.807) is 0 Å². The maximum Gasteiger partial charge on any atom is 0.254 e. The van der Waals surface area contributed by atoms with E-state index in [9.17, 15) is 4.79 Å². The molecule has 1 aromatic rings. The largest absolute Gasteiger partial charge is 0.365 e. The number of aromatic nitrogens is 2. The number of nitrogens with one attached hydrogen (secondary N) is 1. The highest BCUT2D eigenvalue weighted by Crippen LogP contribution is 2.20. The lowest BCUT2D eigenvalue weighted by Gasteiger charge is -1.88. The number of carbonyl (C=O) groups excluding carboxylic acids is 1. The maximum atomic E-state index is 10.6. The number of hydrogen-bond acceptors (Lipinski definition) is 2. The number of primary amides is 1. The number of carbonyl (C=O) groups is 1. The predicted molar refractivity (Wildman–Crippen MR) is 42.5 cm³/mol. The van der Waals surface area contributed by atoms with Crippen molar-refractivity contribution in [3.8, 4) is 0 Å². The van der Waals surface area contributed by atoms with Crippen molar-refractivity contribution in [1.29, 1.82) is 0 Å². The van der Waals surface area contributed by atoms with Crippen LogP contribution in [0.1, 0.15) is 10.4 Å². The summed E-state index contributed by atoms with van der Waals surface area (Å²) in [4.78, 5) is 10.6. The van der Waals surface area contributed by atoms with Gasteiger partial charge in [0, 0.05) is 0 Å². The number of rotatable bonds is 1. The third kappa shape index (κ3) is 1.22. The molecule has 0 aliphatic heterocycles. The molecule has 0 aliphatic rings. The van der Waals surface area contributed by atoms with Crippen LogP contribution in [0.2, 0.25) is 0 Å². The molecule has 1 amide bonds. The van der Waals surface area contributed by atoms with E-state index in [4.69, 9.17) is 5.73 Å². The van der Waals surface area contributed by atoms with E-state index < -0.39 is 5.91 Å². The number of nitrogens with two attached hydrogens (primary N) is 1. The highest BCUT2D eigenvalue weighted by atomic mass is 79.9. The first-order valence-corrected chi connectivity index (χ1v) is 3.90. The van der Waals surface area contributed by atoms with Crippen LogP contribution in [0, 0.1) is 0 Å². The molecule has 1 rings (SSSR count). The number of hydrogen-bond donors (Lipinski definition) is 2. The quantitative estimate of drug-likeness (QED) is 0.799. The molecule has 3 N–H and O–H groups in total. The Morgan fingerprint density at radius 2 is 2.20 bits per heavy atom. The van der Waals surface area contributed by atoms with Crippen molar-refractivity contribution in [2.75, 3.05) is 0 Å². The third-order valence-corrected chi connectivity index (χ3v) is 2.07. The van der Waals surface area contributed by atoms with Crippen molar-refractivity contribution < 1.29 is 4.79 Å². The van der Waals surface area contributed by atoms with Gasteiger partial charge in [0.15, 0.2) is 0 Å². The summed E-state index contributed by atoms with van der Waals surface area (Å²) in [7, 11) is 0. The second-order valence-corrected chi connectivity index (χ2v) is 3.11. The Morgan fingerprint density at radius 3 is 2.40 bits per heavy atom. The van der Waals surface area contributed by atoms with Gasteiger partial charge < -0.3 is 5.73 Å². The lowest BCUT2D eigenvalue weighted by atomic mass is 10.4. The smallest absolute Gasteiger partial charge is 0.254 e. The molecule has 4 nitrogen and oxygen atoms in total. The zero-order chi connectivity index (χ0) is 7.72. The molecular formula is C4H3Br2N3O. The minimum atomic E-state index is -0.521. The minimum Gasteiger partial charge on any atom is -0.365 e. The van der Waals surface area contributed by atoms with E-state index >= 15 is 0 Å². The van der Waals surface area contributed by atoms with Crippen LogP contribution < -0.4 is 5.73 Å². The van der Waals surface area contributed by atoms with Crippen molar-refractivity contribution in [3.63, 3.8) is 0 Å². The van der Waals surface area contributed by atoms with E-state index in [-0.39, 0.29) is 0 Å². The number of H-pyrrole nitrogens is 1. The normalized spacial score (nSPS) is 9.80. The standard InChI is InChI=1S/C4H3Br2N3O/c5-2-1(4(7)10)3(6)9-8-2/h(H2,7,10)(H,8,9). The molecule has 0 unspecified atom stereocenters. The van der Waals surface area contributed by atoms with Gasteiger partial charge in [-0.15, -0.1) is 0 Å². The summed E-state index contributed by atoms with van der Waals surface area (Å²) in [6.07, 6.45) is 0. The van der Waals surface area contributed by atoms with Crippen LogP contribution in [-0.2, 0) is 0 Å². The molecule has 1 aromatic heterocycles. The van der Waals surface area contributed by atoms with Gasteiger partial charge in [-0.25, -0.2) is 0 Å². The van der Waals surface area contributed by atoms with Gasteiger partial charge in [0.2, 0.25) is 0 Å². The number of aromatic amines is 1. The average molecular weight is 269 g/mol. The van der Waals surface area contributed by atoms with Crippen LogP contribution in [0.5, 0.6) is 0 Å². The van der Waals surface area contributed by atoms with Gasteiger partial charge in [0.05, 0.1) is 0 Å². The highest BCUT2D eigenvalue weighted by molar-refractivity contribution is 9.11.